The fourth-order valence-electron chi connectivity index (χ4n) is 1.74. The number of aromatic nitrogens is 3. The number of rotatable bonds is 5. The predicted molar refractivity (Wildman–Crippen MR) is 70.5 cm³/mol. The van der Waals surface area contributed by atoms with E-state index in [0.29, 0.717) is 17.9 Å². The minimum atomic E-state index is -0.510. The molecule has 7 nitrogen and oxygen atoms in total. The van der Waals surface area contributed by atoms with Gasteiger partial charge in [-0.1, -0.05) is 17.3 Å². The lowest BCUT2D eigenvalue weighted by atomic mass is 10.1. The number of hydrogen-bond acceptors (Lipinski definition) is 5. The zero-order valence-electron chi connectivity index (χ0n) is 10.9. The van der Waals surface area contributed by atoms with Crippen LogP contribution in [-0.4, -0.2) is 25.8 Å². The minimum absolute atomic E-state index is 0.0720. The summed E-state index contributed by atoms with van der Waals surface area (Å²) in [4.78, 5) is 4.05. The van der Waals surface area contributed by atoms with Crippen LogP contribution < -0.4 is 11.1 Å². The molecule has 0 bridgehead atoms. The maximum atomic E-state index is 14.1. The lowest BCUT2D eigenvalue weighted by molar-refractivity contribution is 0.318. The van der Waals surface area contributed by atoms with Crippen molar-refractivity contribution in [3.8, 4) is 0 Å². The van der Waals surface area contributed by atoms with Crippen LogP contribution >= 0.6 is 0 Å². The largest absolute Gasteiger partial charge is 0.409 e. The highest BCUT2D eigenvalue weighted by atomic mass is 19.1. The third kappa shape index (κ3) is 3.09. The lowest BCUT2D eigenvalue weighted by Crippen LogP contribution is -2.19. The summed E-state index contributed by atoms with van der Waals surface area (Å²) >= 11 is 0. The van der Waals surface area contributed by atoms with Crippen molar-refractivity contribution in [2.75, 3.05) is 0 Å². The average molecular weight is 278 g/mol. The molecule has 20 heavy (non-hydrogen) atoms. The molecule has 0 spiro atoms. The summed E-state index contributed by atoms with van der Waals surface area (Å²) in [5.41, 5.74) is 5.90. The Kier molecular flexibility index (Phi) is 4.26. The molecule has 0 aliphatic rings. The highest BCUT2D eigenvalue weighted by molar-refractivity contribution is 5.97. The summed E-state index contributed by atoms with van der Waals surface area (Å²) in [6.45, 7) is 0.713. The number of aryl methyl sites for hydroxylation is 1. The maximum Gasteiger partial charge on any atom is 0.173 e. The van der Waals surface area contributed by atoms with Gasteiger partial charge in [-0.2, -0.15) is 5.10 Å². The molecule has 0 atom stereocenters. The second-order valence-corrected chi connectivity index (χ2v) is 4.20. The van der Waals surface area contributed by atoms with E-state index in [1.54, 1.807) is 30.2 Å². The van der Waals surface area contributed by atoms with Gasteiger partial charge < -0.3 is 16.3 Å². The molecule has 4 N–H and O–H groups in total. The first-order chi connectivity index (χ1) is 9.61. The highest BCUT2D eigenvalue weighted by Gasteiger charge is 2.11. The quantitative estimate of drug-likeness (QED) is 0.317. The van der Waals surface area contributed by atoms with Crippen molar-refractivity contribution < 1.29 is 9.60 Å². The molecule has 0 aliphatic heterocycles. The molecular formula is C12H15FN6O. The van der Waals surface area contributed by atoms with Crippen molar-refractivity contribution >= 4 is 5.84 Å². The van der Waals surface area contributed by atoms with E-state index in [0.717, 1.165) is 0 Å². The Labute approximate surface area is 114 Å². The van der Waals surface area contributed by atoms with Gasteiger partial charge in [0.25, 0.3) is 0 Å². The molecule has 2 aromatic rings. The number of nitrogens with one attached hydrogen (secondary N) is 1. The molecular weight excluding hydrogens is 263 g/mol. The highest BCUT2D eigenvalue weighted by Crippen LogP contribution is 2.12. The topological polar surface area (TPSA) is 101 Å². The number of halogens is 1. The van der Waals surface area contributed by atoms with Gasteiger partial charge in [-0.15, -0.1) is 0 Å². The van der Waals surface area contributed by atoms with Crippen LogP contribution in [0.15, 0.2) is 29.7 Å². The van der Waals surface area contributed by atoms with E-state index in [4.69, 9.17) is 10.9 Å². The van der Waals surface area contributed by atoms with Crippen LogP contribution in [0.5, 0.6) is 0 Å². The summed E-state index contributed by atoms with van der Waals surface area (Å²) in [7, 11) is 1.77. The van der Waals surface area contributed by atoms with Gasteiger partial charge in [0.15, 0.2) is 11.7 Å². The van der Waals surface area contributed by atoms with E-state index in [1.165, 1.54) is 6.07 Å². The SMILES string of the molecule is Cn1cnc(CNCc2cccc(/C(N)=N/O)c2F)n1. The number of nitrogens with zero attached hydrogens (tertiary/aromatic N) is 4. The first-order valence-corrected chi connectivity index (χ1v) is 5.92. The lowest BCUT2D eigenvalue weighted by Gasteiger charge is -2.07. The number of oxime groups is 1. The van der Waals surface area contributed by atoms with Crippen molar-refractivity contribution in [1.82, 2.24) is 20.1 Å². The fraction of sp³-hybridized carbons (Fsp3) is 0.250. The summed E-state index contributed by atoms with van der Waals surface area (Å²) in [6.07, 6.45) is 1.59. The Morgan fingerprint density at radius 1 is 1.50 bits per heavy atom. The van der Waals surface area contributed by atoms with Crippen LogP contribution in [0, 0.1) is 5.82 Å². The van der Waals surface area contributed by atoms with Crippen molar-refractivity contribution in [3.63, 3.8) is 0 Å². The Hall–Kier alpha value is -2.48. The molecule has 0 unspecified atom stereocenters. The fourth-order valence-corrected chi connectivity index (χ4v) is 1.74. The number of amidine groups is 1. The molecule has 1 heterocycles. The van der Waals surface area contributed by atoms with Gasteiger partial charge in [0.2, 0.25) is 0 Å². The Morgan fingerprint density at radius 2 is 2.30 bits per heavy atom. The molecule has 0 saturated heterocycles. The summed E-state index contributed by atoms with van der Waals surface area (Å²) in [5.74, 6) is -0.138. The summed E-state index contributed by atoms with van der Waals surface area (Å²) < 4.78 is 15.7. The van der Waals surface area contributed by atoms with Crippen molar-refractivity contribution in [1.29, 1.82) is 0 Å². The minimum Gasteiger partial charge on any atom is -0.409 e. The molecule has 1 aromatic heterocycles. The molecule has 0 radical (unpaired) electrons. The van der Waals surface area contributed by atoms with Crippen LogP contribution in [0.3, 0.4) is 0 Å². The van der Waals surface area contributed by atoms with Crippen molar-refractivity contribution in [3.05, 3.63) is 47.3 Å². The Balaban J connectivity index is 2.03. The molecule has 2 rings (SSSR count). The van der Waals surface area contributed by atoms with E-state index in [2.05, 4.69) is 20.6 Å². The first kappa shape index (κ1) is 13.9. The van der Waals surface area contributed by atoms with Gasteiger partial charge in [0.1, 0.15) is 12.1 Å². The molecule has 0 saturated carbocycles. The van der Waals surface area contributed by atoms with Crippen LogP contribution in [0.2, 0.25) is 0 Å². The molecule has 8 heteroatoms. The smallest absolute Gasteiger partial charge is 0.173 e. The Morgan fingerprint density at radius 3 is 2.95 bits per heavy atom. The van der Waals surface area contributed by atoms with E-state index >= 15 is 0 Å². The normalized spacial score (nSPS) is 11.8. The van der Waals surface area contributed by atoms with Gasteiger partial charge in [-0.3, -0.25) is 4.68 Å². The zero-order chi connectivity index (χ0) is 14.5. The van der Waals surface area contributed by atoms with Gasteiger partial charge in [-0.05, 0) is 6.07 Å². The second-order valence-electron chi connectivity index (χ2n) is 4.20. The number of hydrogen-bond donors (Lipinski definition) is 3. The van der Waals surface area contributed by atoms with Crippen molar-refractivity contribution in [2.24, 2.45) is 17.9 Å². The first-order valence-electron chi connectivity index (χ1n) is 5.92. The predicted octanol–water partition coefficient (Wildman–Crippen LogP) is 0.338. The summed E-state index contributed by atoms with van der Waals surface area (Å²) in [5, 5.41) is 18.5. The van der Waals surface area contributed by atoms with E-state index in [1.807, 2.05) is 0 Å². The van der Waals surface area contributed by atoms with Gasteiger partial charge in [0.05, 0.1) is 12.1 Å². The third-order valence-corrected chi connectivity index (χ3v) is 2.71. The van der Waals surface area contributed by atoms with Crippen LogP contribution in [0.25, 0.3) is 0 Å². The van der Waals surface area contributed by atoms with Crippen LogP contribution in [-0.2, 0) is 20.1 Å². The molecule has 1 aromatic carbocycles. The monoisotopic (exact) mass is 278 g/mol. The molecule has 0 amide bonds. The second kappa shape index (κ2) is 6.11. The molecule has 0 fully saturated rings. The van der Waals surface area contributed by atoms with Gasteiger partial charge >= 0.3 is 0 Å². The number of nitrogens with two attached hydrogens (primary N) is 1. The van der Waals surface area contributed by atoms with Crippen LogP contribution in [0.4, 0.5) is 4.39 Å². The number of benzene rings is 1. The maximum absolute atomic E-state index is 14.1. The third-order valence-electron chi connectivity index (χ3n) is 2.71. The van der Waals surface area contributed by atoms with E-state index in [-0.39, 0.29) is 17.9 Å². The summed E-state index contributed by atoms with van der Waals surface area (Å²) in [6, 6.07) is 4.73. The molecule has 106 valence electrons. The van der Waals surface area contributed by atoms with Gasteiger partial charge in [-0.25, -0.2) is 9.37 Å². The molecule has 0 aliphatic carbocycles. The van der Waals surface area contributed by atoms with E-state index in [9.17, 15) is 4.39 Å². The van der Waals surface area contributed by atoms with Gasteiger partial charge in [0, 0.05) is 19.2 Å². The van der Waals surface area contributed by atoms with E-state index < -0.39 is 5.82 Å². The van der Waals surface area contributed by atoms with Crippen molar-refractivity contribution in [2.45, 2.75) is 13.1 Å². The zero-order valence-corrected chi connectivity index (χ0v) is 10.9. The standard InChI is InChI=1S/C12H15FN6O/c1-19-7-16-10(17-19)6-15-5-8-3-2-4-9(11(8)13)12(14)18-20/h2-4,7,15,20H,5-6H2,1H3,(H2,14,18). The van der Waals surface area contributed by atoms with Crippen LogP contribution in [0.1, 0.15) is 17.0 Å². The Bertz CT molecular complexity index is 624. The average Bonchev–Trinajstić information content (AvgIpc) is 2.85.